The van der Waals surface area contributed by atoms with E-state index in [1.165, 1.54) is 24.6 Å². The Hall–Kier alpha value is -3.48. The molecule has 2 atom stereocenters. The second-order valence-electron chi connectivity index (χ2n) is 3.85. The number of nitrogens with two attached hydrogens (primary N) is 2. The molecule has 20 heavy (non-hydrogen) atoms. The lowest BCUT2D eigenvalue weighted by Crippen LogP contribution is -2.23. The third-order valence-corrected chi connectivity index (χ3v) is 2.94. The second-order valence-corrected chi connectivity index (χ2v) is 3.85. The largest absolute Gasteiger partial charge is 0.405 e. The van der Waals surface area contributed by atoms with Crippen molar-refractivity contribution < 1.29 is 0 Å². The van der Waals surface area contributed by atoms with Gasteiger partial charge in [0, 0.05) is 11.8 Å². The van der Waals surface area contributed by atoms with Crippen molar-refractivity contribution in [1.29, 1.82) is 21.0 Å². The molecule has 0 aliphatic heterocycles. The summed E-state index contributed by atoms with van der Waals surface area (Å²) in [4.78, 5) is 0. The number of hydrogen-bond donors (Lipinski definition) is 2. The van der Waals surface area contributed by atoms with Crippen LogP contribution in [-0.2, 0) is 0 Å². The molecule has 0 spiro atoms. The molecule has 4 N–H and O–H groups in total. The molecule has 0 fully saturated rings. The van der Waals surface area contributed by atoms with Crippen LogP contribution in [0.5, 0.6) is 0 Å². The van der Waals surface area contributed by atoms with Crippen LogP contribution >= 0.6 is 0 Å². The van der Waals surface area contributed by atoms with Crippen LogP contribution in [0.3, 0.4) is 0 Å². The van der Waals surface area contributed by atoms with Gasteiger partial charge in [0.05, 0.1) is 34.4 Å². The number of hydrogen-bond acceptors (Lipinski definition) is 6. The molecular weight excluding hydrogens is 252 g/mol. The summed E-state index contributed by atoms with van der Waals surface area (Å²) in [5.41, 5.74) is 10.8. The minimum Gasteiger partial charge on any atom is -0.405 e. The smallest absolute Gasteiger partial charge is 0.102 e. The minimum absolute atomic E-state index is 0.0867. The number of rotatable bonds is 2. The molecule has 0 radical (unpaired) electrons. The van der Waals surface area contributed by atoms with Crippen LogP contribution in [0.25, 0.3) is 0 Å². The molecule has 0 saturated heterocycles. The fourth-order valence-electron chi connectivity index (χ4n) is 2.13. The summed E-state index contributed by atoms with van der Waals surface area (Å²) >= 11 is 0. The van der Waals surface area contributed by atoms with E-state index in [-0.39, 0.29) is 22.3 Å². The Labute approximate surface area is 116 Å². The van der Waals surface area contributed by atoms with E-state index in [0.29, 0.717) is 0 Å². The van der Waals surface area contributed by atoms with E-state index in [0.717, 1.165) is 0 Å². The zero-order valence-corrected chi connectivity index (χ0v) is 10.4. The first-order valence-corrected chi connectivity index (χ1v) is 5.56. The third-order valence-electron chi connectivity index (χ3n) is 2.94. The summed E-state index contributed by atoms with van der Waals surface area (Å²) in [6.07, 6.45) is 5.49. The van der Waals surface area contributed by atoms with E-state index < -0.39 is 11.8 Å². The standard InChI is InChI=1S/C14H10N6/c15-3-1-9-10(2-4-16)12(6-18)14(8-20)13(7-19)11(9)5-17/h1-4,9-10H,15-16H2/b3-1+,4-2+/t9-,10+. The zero-order valence-electron chi connectivity index (χ0n) is 10.4. The first kappa shape index (κ1) is 14.6. The highest BCUT2D eigenvalue weighted by Crippen LogP contribution is 2.39. The summed E-state index contributed by atoms with van der Waals surface area (Å²) < 4.78 is 0. The fraction of sp³-hybridized carbons (Fsp3) is 0.143. The van der Waals surface area contributed by atoms with Crippen molar-refractivity contribution in [2.45, 2.75) is 0 Å². The Bertz CT molecular complexity index is 632. The average Bonchev–Trinajstić information content (AvgIpc) is 2.47. The third kappa shape index (κ3) is 2.23. The second kappa shape index (κ2) is 6.45. The molecule has 1 rings (SSSR count). The van der Waals surface area contributed by atoms with Gasteiger partial charge in [0.1, 0.15) is 12.1 Å². The van der Waals surface area contributed by atoms with Gasteiger partial charge in [-0.3, -0.25) is 0 Å². The highest BCUT2D eigenvalue weighted by molar-refractivity contribution is 5.65. The van der Waals surface area contributed by atoms with Gasteiger partial charge in [-0.05, 0) is 12.4 Å². The molecule has 0 aromatic heterocycles. The molecular formula is C14H10N6. The molecule has 0 bridgehead atoms. The molecule has 0 unspecified atom stereocenters. The molecule has 1 aliphatic carbocycles. The van der Waals surface area contributed by atoms with Crippen molar-refractivity contribution in [3.63, 3.8) is 0 Å². The number of allylic oxidation sites excluding steroid dienone is 6. The van der Waals surface area contributed by atoms with Crippen LogP contribution in [-0.4, -0.2) is 0 Å². The average molecular weight is 262 g/mol. The van der Waals surface area contributed by atoms with E-state index in [9.17, 15) is 10.5 Å². The monoisotopic (exact) mass is 262 g/mol. The predicted molar refractivity (Wildman–Crippen MR) is 70.1 cm³/mol. The van der Waals surface area contributed by atoms with Gasteiger partial charge < -0.3 is 11.5 Å². The quantitative estimate of drug-likeness (QED) is 0.754. The molecule has 6 heteroatoms. The van der Waals surface area contributed by atoms with Crippen LogP contribution in [0, 0.1) is 57.2 Å². The zero-order chi connectivity index (χ0) is 15.1. The number of nitriles is 4. The summed E-state index contributed by atoms with van der Waals surface area (Å²) in [6, 6.07) is 7.47. The maximum atomic E-state index is 9.24. The van der Waals surface area contributed by atoms with Crippen LogP contribution in [0.2, 0.25) is 0 Å². The lowest BCUT2D eigenvalue weighted by atomic mass is 9.72. The van der Waals surface area contributed by atoms with Crippen LogP contribution in [0.1, 0.15) is 0 Å². The highest BCUT2D eigenvalue weighted by Gasteiger charge is 2.35. The minimum atomic E-state index is -0.591. The van der Waals surface area contributed by atoms with Crippen LogP contribution in [0.4, 0.5) is 0 Å². The first-order valence-electron chi connectivity index (χ1n) is 5.56. The molecule has 0 heterocycles. The summed E-state index contributed by atoms with van der Waals surface area (Å²) in [6.45, 7) is 0. The lowest BCUT2D eigenvalue weighted by Gasteiger charge is -2.26. The summed E-state index contributed by atoms with van der Waals surface area (Å²) in [5, 5.41) is 36.8. The molecule has 96 valence electrons. The Kier molecular flexibility index (Phi) is 4.70. The topological polar surface area (TPSA) is 147 Å². The van der Waals surface area contributed by atoms with Crippen molar-refractivity contribution in [1.82, 2.24) is 0 Å². The lowest BCUT2D eigenvalue weighted by molar-refractivity contribution is 0.615. The van der Waals surface area contributed by atoms with Gasteiger partial charge in [-0.25, -0.2) is 0 Å². The predicted octanol–water partition coefficient (Wildman–Crippen LogP) is 0.865. The van der Waals surface area contributed by atoms with Crippen LogP contribution in [0.15, 0.2) is 46.8 Å². The Morgan fingerprint density at radius 1 is 0.700 bits per heavy atom. The molecule has 1 aliphatic rings. The SMILES string of the molecule is N#CC1=C(C#N)[C@@H](/C=C/N)[C@@H](/C=C/N)C(C#N)=C1C#N. The molecule has 6 nitrogen and oxygen atoms in total. The van der Waals surface area contributed by atoms with Crippen LogP contribution < -0.4 is 11.5 Å². The van der Waals surface area contributed by atoms with Crippen molar-refractivity contribution in [3.05, 3.63) is 46.8 Å². The van der Waals surface area contributed by atoms with Crippen molar-refractivity contribution in [2.75, 3.05) is 0 Å². The molecule has 0 saturated carbocycles. The maximum Gasteiger partial charge on any atom is 0.102 e. The van der Waals surface area contributed by atoms with Gasteiger partial charge in [0.2, 0.25) is 0 Å². The van der Waals surface area contributed by atoms with Gasteiger partial charge in [0.25, 0.3) is 0 Å². The number of nitrogens with zero attached hydrogens (tertiary/aromatic N) is 4. The Balaban J connectivity index is 3.76. The van der Waals surface area contributed by atoms with Crippen molar-refractivity contribution >= 4 is 0 Å². The summed E-state index contributed by atoms with van der Waals surface area (Å²) in [5.74, 6) is -1.18. The van der Waals surface area contributed by atoms with Gasteiger partial charge in [-0.1, -0.05) is 12.2 Å². The van der Waals surface area contributed by atoms with Gasteiger partial charge in [-0.2, -0.15) is 21.0 Å². The first-order chi connectivity index (χ1) is 9.69. The molecule has 0 aromatic carbocycles. The highest BCUT2D eigenvalue weighted by atomic mass is 14.5. The van der Waals surface area contributed by atoms with Gasteiger partial charge >= 0.3 is 0 Å². The Morgan fingerprint density at radius 3 is 1.25 bits per heavy atom. The Morgan fingerprint density at radius 2 is 1.05 bits per heavy atom. The van der Waals surface area contributed by atoms with E-state index in [4.69, 9.17) is 22.0 Å². The van der Waals surface area contributed by atoms with E-state index in [1.807, 2.05) is 24.3 Å². The van der Waals surface area contributed by atoms with Crippen molar-refractivity contribution in [3.8, 4) is 24.3 Å². The fourth-order valence-corrected chi connectivity index (χ4v) is 2.13. The van der Waals surface area contributed by atoms with Gasteiger partial charge in [0.15, 0.2) is 0 Å². The van der Waals surface area contributed by atoms with Gasteiger partial charge in [-0.15, -0.1) is 0 Å². The van der Waals surface area contributed by atoms with E-state index >= 15 is 0 Å². The maximum absolute atomic E-state index is 9.24. The molecule has 0 aromatic rings. The van der Waals surface area contributed by atoms with Crippen molar-refractivity contribution in [2.24, 2.45) is 23.3 Å². The van der Waals surface area contributed by atoms with E-state index in [2.05, 4.69) is 0 Å². The summed E-state index contributed by atoms with van der Waals surface area (Å²) in [7, 11) is 0. The van der Waals surface area contributed by atoms with E-state index in [1.54, 1.807) is 0 Å². The normalized spacial score (nSPS) is 22.4. The molecule has 0 amide bonds.